The van der Waals surface area contributed by atoms with E-state index in [-0.39, 0.29) is 6.29 Å². The molecule has 1 atom stereocenters. The molecule has 0 aliphatic heterocycles. The fourth-order valence-electron chi connectivity index (χ4n) is 2.29. The van der Waals surface area contributed by atoms with Crippen molar-refractivity contribution in [3.8, 4) is 0 Å². The van der Waals surface area contributed by atoms with E-state index in [1.165, 1.54) is 5.39 Å². The molecule has 0 bridgehead atoms. The minimum absolute atomic E-state index is 0.355. The number of ether oxygens (including phenoxy) is 2. The normalized spacial score (nSPS) is 13.0. The first-order chi connectivity index (χ1) is 9.74. The minimum Gasteiger partial charge on any atom is -0.388 e. The molecular weight excluding hydrogens is 252 g/mol. The van der Waals surface area contributed by atoms with Gasteiger partial charge in [0, 0.05) is 19.6 Å². The lowest BCUT2D eigenvalue weighted by molar-refractivity contribution is -0.153. The lowest BCUT2D eigenvalue weighted by Gasteiger charge is -2.20. The van der Waals surface area contributed by atoms with Crippen molar-refractivity contribution >= 4 is 10.8 Å². The molecular formula is C17H22O3. The largest absolute Gasteiger partial charge is 0.388 e. The van der Waals surface area contributed by atoms with Gasteiger partial charge in [0.15, 0.2) is 6.29 Å². The van der Waals surface area contributed by atoms with Gasteiger partial charge in [0.25, 0.3) is 0 Å². The fraction of sp³-hybridized carbons (Fsp3) is 0.412. The Morgan fingerprint density at radius 2 is 1.60 bits per heavy atom. The summed E-state index contributed by atoms with van der Waals surface area (Å²) in [5, 5.41) is 12.7. The zero-order valence-electron chi connectivity index (χ0n) is 12.1. The van der Waals surface area contributed by atoms with Crippen LogP contribution >= 0.6 is 0 Å². The Kier molecular flexibility index (Phi) is 5.53. The number of benzene rings is 2. The zero-order chi connectivity index (χ0) is 14.4. The number of rotatable bonds is 7. The SMILES string of the molecule is CCOC(CC(O)c1ccc2ccccc2c1)OCC. The number of aliphatic hydroxyl groups is 1. The van der Waals surface area contributed by atoms with Crippen molar-refractivity contribution < 1.29 is 14.6 Å². The van der Waals surface area contributed by atoms with E-state index in [0.717, 1.165) is 10.9 Å². The molecule has 0 aliphatic rings. The number of fused-ring (bicyclic) bond motifs is 1. The van der Waals surface area contributed by atoms with E-state index in [0.29, 0.717) is 19.6 Å². The number of hydrogen-bond donors (Lipinski definition) is 1. The number of hydrogen-bond acceptors (Lipinski definition) is 3. The van der Waals surface area contributed by atoms with Crippen LogP contribution in [0.15, 0.2) is 42.5 Å². The fourth-order valence-corrected chi connectivity index (χ4v) is 2.29. The Labute approximate surface area is 120 Å². The average Bonchev–Trinajstić information content (AvgIpc) is 2.47. The molecule has 2 aromatic rings. The van der Waals surface area contributed by atoms with Gasteiger partial charge in [-0.3, -0.25) is 0 Å². The van der Waals surface area contributed by atoms with Gasteiger partial charge in [-0.1, -0.05) is 36.4 Å². The van der Waals surface area contributed by atoms with Crippen LogP contribution in [-0.4, -0.2) is 24.6 Å². The van der Waals surface area contributed by atoms with Crippen LogP contribution in [0.1, 0.15) is 31.9 Å². The average molecular weight is 274 g/mol. The summed E-state index contributed by atoms with van der Waals surface area (Å²) < 4.78 is 11.0. The molecule has 3 heteroatoms. The quantitative estimate of drug-likeness (QED) is 0.783. The maximum absolute atomic E-state index is 10.3. The van der Waals surface area contributed by atoms with Gasteiger partial charge in [0.1, 0.15) is 0 Å². The summed E-state index contributed by atoms with van der Waals surface area (Å²) in [6.45, 7) is 5.01. The highest BCUT2D eigenvalue weighted by Gasteiger charge is 2.16. The highest BCUT2D eigenvalue weighted by atomic mass is 16.7. The van der Waals surface area contributed by atoms with E-state index >= 15 is 0 Å². The summed E-state index contributed by atoms with van der Waals surface area (Å²) in [6, 6.07) is 14.1. The Morgan fingerprint density at radius 1 is 0.950 bits per heavy atom. The third-order valence-electron chi connectivity index (χ3n) is 3.28. The molecule has 0 spiro atoms. The van der Waals surface area contributed by atoms with Gasteiger partial charge >= 0.3 is 0 Å². The van der Waals surface area contributed by atoms with Crippen LogP contribution in [0.3, 0.4) is 0 Å². The Balaban J connectivity index is 2.11. The summed E-state index contributed by atoms with van der Waals surface area (Å²) in [5.74, 6) is 0. The topological polar surface area (TPSA) is 38.7 Å². The van der Waals surface area contributed by atoms with Crippen molar-refractivity contribution in [2.75, 3.05) is 13.2 Å². The Hall–Kier alpha value is -1.42. The molecule has 2 rings (SSSR count). The predicted molar refractivity (Wildman–Crippen MR) is 80.6 cm³/mol. The van der Waals surface area contributed by atoms with Crippen LogP contribution in [0.25, 0.3) is 10.8 Å². The van der Waals surface area contributed by atoms with E-state index in [1.807, 2.05) is 50.2 Å². The van der Waals surface area contributed by atoms with Gasteiger partial charge in [-0.15, -0.1) is 0 Å². The molecule has 108 valence electrons. The maximum atomic E-state index is 10.3. The van der Waals surface area contributed by atoms with Crippen molar-refractivity contribution in [1.29, 1.82) is 0 Å². The standard InChI is InChI=1S/C17H22O3/c1-3-19-17(20-4-2)12-16(18)15-10-9-13-7-5-6-8-14(13)11-15/h5-11,16-18H,3-4,12H2,1-2H3. The summed E-state index contributed by atoms with van der Waals surface area (Å²) in [5.41, 5.74) is 0.896. The van der Waals surface area contributed by atoms with Crippen LogP contribution in [0, 0.1) is 0 Å². The summed E-state index contributed by atoms with van der Waals surface area (Å²) in [4.78, 5) is 0. The molecule has 0 aromatic heterocycles. The first-order valence-electron chi connectivity index (χ1n) is 7.14. The molecule has 0 saturated heterocycles. The van der Waals surface area contributed by atoms with Crippen LogP contribution < -0.4 is 0 Å². The Bertz CT molecular complexity index is 533. The van der Waals surface area contributed by atoms with Gasteiger partial charge < -0.3 is 14.6 Å². The smallest absolute Gasteiger partial charge is 0.160 e. The van der Waals surface area contributed by atoms with Crippen molar-refractivity contribution in [3.63, 3.8) is 0 Å². The highest BCUT2D eigenvalue weighted by molar-refractivity contribution is 5.83. The molecule has 20 heavy (non-hydrogen) atoms. The molecule has 2 aromatic carbocycles. The monoisotopic (exact) mass is 274 g/mol. The van der Waals surface area contributed by atoms with E-state index in [1.54, 1.807) is 0 Å². The third kappa shape index (κ3) is 3.79. The second-order valence-corrected chi connectivity index (χ2v) is 4.70. The van der Waals surface area contributed by atoms with Crippen molar-refractivity contribution in [3.05, 3.63) is 48.0 Å². The zero-order valence-corrected chi connectivity index (χ0v) is 12.1. The maximum Gasteiger partial charge on any atom is 0.160 e. The molecule has 1 N–H and O–H groups in total. The van der Waals surface area contributed by atoms with Gasteiger partial charge in [-0.2, -0.15) is 0 Å². The first kappa shape index (κ1) is 15.0. The first-order valence-corrected chi connectivity index (χ1v) is 7.14. The summed E-state index contributed by atoms with van der Waals surface area (Å²) in [7, 11) is 0. The van der Waals surface area contributed by atoms with Crippen LogP contribution in [0.4, 0.5) is 0 Å². The molecule has 0 saturated carbocycles. The van der Waals surface area contributed by atoms with Crippen molar-refractivity contribution in [1.82, 2.24) is 0 Å². The Morgan fingerprint density at radius 3 is 2.25 bits per heavy atom. The molecule has 1 unspecified atom stereocenters. The molecule has 0 heterocycles. The molecule has 0 fully saturated rings. The summed E-state index contributed by atoms with van der Waals surface area (Å²) >= 11 is 0. The lowest BCUT2D eigenvalue weighted by atomic mass is 10.0. The summed E-state index contributed by atoms with van der Waals surface area (Å²) in [6.07, 6.45) is -0.491. The van der Waals surface area contributed by atoms with Crippen molar-refractivity contribution in [2.45, 2.75) is 32.7 Å². The lowest BCUT2D eigenvalue weighted by Crippen LogP contribution is -2.20. The van der Waals surface area contributed by atoms with E-state index in [9.17, 15) is 5.11 Å². The third-order valence-corrected chi connectivity index (χ3v) is 3.28. The van der Waals surface area contributed by atoms with Gasteiger partial charge in [0.2, 0.25) is 0 Å². The van der Waals surface area contributed by atoms with E-state index in [4.69, 9.17) is 9.47 Å². The van der Waals surface area contributed by atoms with Crippen molar-refractivity contribution in [2.24, 2.45) is 0 Å². The van der Waals surface area contributed by atoms with Gasteiger partial charge in [0.05, 0.1) is 6.10 Å². The number of aliphatic hydroxyl groups excluding tert-OH is 1. The highest BCUT2D eigenvalue weighted by Crippen LogP contribution is 2.24. The van der Waals surface area contributed by atoms with E-state index < -0.39 is 6.10 Å². The second kappa shape index (κ2) is 7.39. The van der Waals surface area contributed by atoms with Gasteiger partial charge in [-0.25, -0.2) is 0 Å². The minimum atomic E-state index is -0.581. The molecule has 0 aliphatic carbocycles. The molecule has 3 nitrogen and oxygen atoms in total. The van der Waals surface area contributed by atoms with Crippen LogP contribution in [0.5, 0.6) is 0 Å². The van der Waals surface area contributed by atoms with Crippen LogP contribution in [0.2, 0.25) is 0 Å². The van der Waals surface area contributed by atoms with E-state index in [2.05, 4.69) is 6.07 Å². The molecule has 0 radical (unpaired) electrons. The second-order valence-electron chi connectivity index (χ2n) is 4.70. The molecule has 0 amide bonds. The van der Waals surface area contributed by atoms with Gasteiger partial charge in [-0.05, 0) is 36.2 Å². The predicted octanol–water partition coefficient (Wildman–Crippen LogP) is 3.66. The van der Waals surface area contributed by atoms with Crippen LogP contribution in [-0.2, 0) is 9.47 Å².